The molecular formula is C10H13BrO. The minimum absolute atomic E-state index is 0.361. The maximum Gasteiger partial charge on any atom is 0.0762 e. The normalized spacial score (nSPS) is 12.9. The number of aliphatic hydroxyl groups is 1. The number of halogens is 1. The van der Waals surface area contributed by atoms with Crippen molar-refractivity contribution in [3.05, 3.63) is 35.4 Å². The van der Waals surface area contributed by atoms with Crippen LogP contribution < -0.4 is 0 Å². The Balaban J connectivity index is 2.81. The van der Waals surface area contributed by atoms with Crippen molar-refractivity contribution in [1.29, 1.82) is 0 Å². The van der Waals surface area contributed by atoms with Crippen molar-refractivity contribution in [1.82, 2.24) is 0 Å². The van der Waals surface area contributed by atoms with E-state index < -0.39 is 0 Å². The van der Waals surface area contributed by atoms with E-state index in [0.717, 1.165) is 17.3 Å². The van der Waals surface area contributed by atoms with Crippen molar-refractivity contribution in [2.24, 2.45) is 0 Å². The van der Waals surface area contributed by atoms with Crippen molar-refractivity contribution in [2.45, 2.75) is 19.4 Å². The second kappa shape index (κ2) is 4.63. The van der Waals surface area contributed by atoms with Gasteiger partial charge in [0, 0.05) is 5.33 Å². The lowest BCUT2D eigenvalue weighted by Gasteiger charge is -2.05. The van der Waals surface area contributed by atoms with Gasteiger partial charge in [-0.05, 0) is 24.5 Å². The average molecular weight is 229 g/mol. The molecule has 1 aromatic carbocycles. The van der Waals surface area contributed by atoms with Crippen LogP contribution in [0.25, 0.3) is 0 Å². The number of benzene rings is 1. The Morgan fingerprint density at radius 1 is 1.50 bits per heavy atom. The summed E-state index contributed by atoms with van der Waals surface area (Å²) < 4.78 is 0. The number of aliphatic hydroxyl groups excluding tert-OH is 1. The van der Waals surface area contributed by atoms with Gasteiger partial charge in [0.1, 0.15) is 0 Å². The van der Waals surface area contributed by atoms with E-state index in [1.54, 1.807) is 6.92 Å². The van der Waals surface area contributed by atoms with Gasteiger partial charge in [-0.1, -0.05) is 40.2 Å². The summed E-state index contributed by atoms with van der Waals surface area (Å²) in [7, 11) is 0. The van der Waals surface area contributed by atoms with E-state index in [0.29, 0.717) is 0 Å². The molecule has 2 heteroatoms. The maximum absolute atomic E-state index is 9.30. The molecule has 0 fully saturated rings. The SMILES string of the molecule is CC(O)c1cccc(CCBr)c1. The highest BCUT2D eigenvalue weighted by Gasteiger charge is 2.00. The van der Waals surface area contributed by atoms with Gasteiger partial charge in [0.25, 0.3) is 0 Å². The van der Waals surface area contributed by atoms with Gasteiger partial charge in [0.05, 0.1) is 6.10 Å². The zero-order chi connectivity index (χ0) is 8.97. The molecule has 1 rings (SSSR count). The Hall–Kier alpha value is -0.340. The van der Waals surface area contributed by atoms with Crippen LogP contribution in [0.4, 0.5) is 0 Å². The van der Waals surface area contributed by atoms with E-state index >= 15 is 0 Å². The number of alkyl halides is 1. The van der Waals surface area contributed by atoms with Crippen LogP contribution in [0, 0.1) is 0 Å². The van der Waals surface area contributed by atoms with Crippen molar-refractivity contribution in [3.63, 3.8) is 0 Å². The molecule has 0 aliphatic heterocycles. The maximum atomic E-state index is 9.30. The molecular weight excluding hydrogens is 216 g/mol. The van der Waals surface area contributed by atoms with Gasteiger partial charge >= 0.3 is 0 Å². The van der Waals surface area contributed by atoms with Crippen LogP contribution in [0.5, 0.6) is 0 Å². The molecule has 0 saturated carbocycles. The highest BCUT2D eigenvalue weighted by molar-refractivity contribution is 9.09. The second-order valence-corrected chi connectivity index (χ2v) is 3.65. The predicted octanol–water partition coefficient (Wildman–Crippen LogP) is 2.68. The van der Waals surface area contributed by atoms with Crippen molar-refractivity contribution >= 4 is 15.9 Å². The molecule has 0 bridgehead atoms. The molecule has 1 N–H and O–H groups in total. The summed E-state index contributed by atoms with van der Waals surface area (Å²) in [6.45, 7) is 1.78. The van der Waals surface area contributed by atoms with Crippen LogP contribution in [0.3, 0.4) is 0 Å². The Bertz CT molecular complexity index is 245. The fourth-order valence-corrected chi connectivity index (χ4v) is 1.58. The molecule has 66 valence electrons. The van der Waals surface area contributed by atoms with Crippen molar-refractivity contribution in [2.75, 3.05) is 5.33 Å². The topological polar surface area (TPSA) is 20.2 Å². The lowest BCUT2D eigenvalue weighted by Crippen LogP contribution is -1.93. The third kappa shape index (κ3) is 2.61. The number of rotatable bonds is 3. The van der Waals surface area contributed by atoms with Gasteiger partial charge in [0.2, 0.25) is 0 Å². The molecule has 1 nitrogen and oxygen atoms in total. The van der Waals surface area contributed by atoms with E-state index in [-0.39, 0.29) is 6.10 Å². The molecule has 1 atom stereocenters. The lowest BCUT2D eigenvalue weighted by molar-refractivity contribution is 0.199. The molecule has 0 saturated heterocycles. The Morgan fingerprint density at radius 3 is 2.83 bits per heavy atom. The van der Waals surface area contributed by atoms with Crippen molar-refractivity contribution in [3.8, 4) is 0 Å². The van der Waals surface area contributed by atoms with E-state index in [1.807, 2.05) is 18.2 Å². The van der Waals surface area contributed by atoms with Crippen LogP contribution in [0.2, 0.25) is 0 Å². The van der Waals surface area contributed by atoms with E-state index in [9.17, 15) is 5.11 Å². The summed E-state index contributed by atoms with van der Waals surface area (Å²) in [5, 5.41) is 10.3. The largest absolute Gasteiger partial charge is 0.389 e. The zero-order valence-electron chi connectivity index (χ0n) is 7.13. The molecule has 0 radical (unpaired) electrons. The first-order valence-electron chi connectivity index (χ1n) is 4.07. The van der Waals surface area contributed by atoms with Gasteiger partial charge in [-0.15, -0.1) is 0 Å². The predicted molar refractivity (Wildman–Crippen MR) is 54.6 cm³/mol. The number of hydrogen-bond donors (Lipinski definition) is 1. The smallest absolute Gasteiger partial charge is 0.0762 e. The standard InChI is InChI=1S/C10H13BrO/c1-8(12)10-4-2-3-9(7-10)5-6-11/h2-4,7-8,12H,5-6H2,1H3. The quantitative estimate of drug-likeness (QED) is 0.790. The third-order valence-corrected chi connectivity index (χ3v) is 2.21. The Kier molecular flexibility index (Phi) is 3.76. The summed E-state index contributed by atoms with van der Waals surface area (Å²) >= 11 is 3.39. The molecule has 0 amide bonds. The van der Waals surface area contributed by atoms with Crippen LogP contribution >= 0.6 is 15.9 Å². The summed E-state index contributed by atoms with van der Waals surface area (Å²) in [5.74, 6) is 0. The molecule has 0 heterocycles. The van der Waals surface area contributed by atoms with Crippen LogP contribution in [-0.2, 0) is 6.42 Å². The zero-order valence-corrected chi connectivity index (χ0v) is 8.71. The summed E-state index contributed by atoms with van der Waals surface area (Å²) in [4.78, 5) is 0. The van der Waals surface area contributed by atoms with Crippen LogP contribution in [0.15, 0.2) is 24.3 Å². The first-order chi connectivity index (χ1) is 5.74. The van der Waals surface area contributed by atoms with Gasteiger partial charge < -0.3 is 5.11 Å². The number of aryl methyl sites for hydroxylation is 1. The highest BCUT2D eigenvalue weighted by Crippen LogP contribution is 2.14. The third-order valence-electron chi connectivity index (χ3n) is 1.82. The monoisotopic (exact) mass is 228 g/mol. The molecule has 0 aliphatic carbocycles. The molecule has 0 aromatic heterocycles. The summed E-state index contributed by atoms with van der Waals surface area (Å²) in [6.07, 6.45) is 0.654. The molecule has 0 aliphatic rings. The first kappa shape index (κ1) is 9.75. The van der Waals surface area contributed by atoms with Crippen LogP contribution in [-0.4, -0.2) is 10.4 Å². The summed E-state index contributed by atoms with van der Waals surface area (Å²) in [6, 6.07) is 8.06. The first-order valence-corrected chi connectivity index (χ1v) is 5.19. The molecule has 12 heavy (non-hydrogen) atoms. The van der Waals surface area contributed by atoms with E-state index in [4.69, 9.17) is 0 Å². The fraction of sp³-hybridized carbons (Fsp3) is 0.400. The summed E-state index contributed by atoms with van der Waals surface area (Å²) in [5.41, 5.74) is 2.26. The minimum Gasteiger partial charge on any atom is -0.389 e. The molecule has 1 aromatic rings. The lowest BCUT2D eigenvalue weighted by atomic mass is 10.1. The second-order valence-electron chi connectivity index (χ2n) is 2.86. The van der Waals surface area contributed by atoms with E-state index in [2.05, 4.69) is 22.0 Å². The molecule has 1 unspecified atom stereocenters. The van der Waals surface area contributed by atoms with Gasteiger partial charge in [-0.25, -0.2) is 0 Å². The van der Waals surface area contributed by atoms with Gasteiger partial charge in [0.15, 0.2) is 0 Å². The average Bonchev–Trinajstić information content (AvgIpc) is 2.05. The number of hydrogen-bond acceptors (Lipinski definition) is 1. The van der Waals surface area contributed by atoms with Gasteiger partial charge in [-0.2, -0.15) is 0 Å². The highest BCUT2D eigenvalue weighted by atomic mass is 79.9. The van der Waals surface area contributed by atoms with E-state index in [1.165, 1.54) is 5.56 Å². The van der Waals surface area contributed by atoms with Gasteiger partial charge in [-0.3, -0.25) is 0 Å². The molecule has 0 spiro atoms. The van der Waals surface area contributed by atoms with Crippen LogP contribution in [0.1, 0.15) is 24.2 Å². The minimum atomic E-state index is -0.361. The fourth-order valence-electron chi connectivity index (χ4n) is 1.12. The Labute approximate surface area is 81.6 Å². The van der Waals surface area contributed by atoms with Crippen molar-refractivity contribution < 1.29 is 5.11 Å². The Morgan fingerprint density at radius 2 is 2.25 bits per heavy atom.